The van der Waals surface area contributed by atoms with Gasteiger partial charge in [-0.2, -0.15) is 13.2 Å². The molecule has 2 heterocycles. The number of halogens is 3. The van der Waals surface area contributed by atoms with Crippen LogP contribution in [0.3, 0.4) is 0 Å². The van der Waals surface area contributed by atoms with Crippen molar-refractivity contribution < 1.29 is 30.9 Å². The maximum absolute atomic E-state index is 10.7. The minimum atomic E-state index is -6.09. The molecule has 1 saturated heterocycles. The molecule has 0 spiro atoms. The van der Waals surface area contributed by atoms with Gasteiger partial charge in [0.1, 0.15) is 0 Å². The summed E-state index contributed by atoms with van der Waals surface area (Å²) >= 11 is 1.34. The van der Waals surface area contributed by atoms with Gasteiger partial charge in [0.15, 0.2) is 10.1 Å². The van der Waals surface area contributed by atoms with Crippen LogP contribution in [0, 0.1) is 13.8 Å². The molecule has 2 rings (SSSR count). The third kappa shape index (κ3) is 6.02. The predicted molar refractivity (Wildman–Crippen MR) is 71.4 cm³/mol. The molecular formula is C10H14F3NO4SSe2. The van der Waals surface area contributed by atoms with Gasteiger partial charge in [-0.25, -0.2) is 8.42 Å². The molecule has 122 valence electrons. The molecule has 11 heteroatoms. The third-order valence-electron chi connectivity index (χ3n) is 2.53. The van der Waals surface area contributed by atoms with Crippen molar-refractivity contribution in [3.05, 3.63) is 12.0 Å². The van der Waals surface area contributed by atoms with E-state index in [1.54, 1.807) is 12.0 Å². The number of morpholine rings is 1. The van der Waals surface area contributed by atoms with Gasteiger partial charge in [0.25, 0.3) is 0 Å². The summed E-state index contributed by atoms with van der Waals surface area (Å²) in [6.45, 7) is 8.69. The smallest absolute Gasteiger partial charge is 0.485 e. The van der Waals surface area contributed by atoms with Crippen molar-refractivity contribution in [1.29, 1.82) is 0 Å². The molecule has 1 aliphatic heterocycles. The van der Waals surface area contributed by atoms with Gasteiger partial charge in [-0.3, -0.25) is 0 Å². The minimum absolute atomic E-state index is 0.668. The number of aryl methyl sites for hydroxylation is 2. The summed E-state index contributed by atoms with van der Waals surface area (Å²) < 4.78 is 71.9. The van der Waals surface area contributed by atoms with E-state index in [4.69, 9.17) is 17.7 Å². The van der Waals surface area contributed by atoms with Crippen molar-refractivity contribution in [3.8, 4) is 0 Å². The summed E-state index contributed by atoms with van der Waals surface area (Å²) in [5.74, 6) is 0. The van der Waals surface area contributed by atoms with Crippen molar-refractivity contribution in [1.82, 2.24) is 4.58 Å². The Morgan fingerprint density at radius 3 is 1.86 bits per heavy atom. The first kappa shape index (κ1) is 19.2. The number of alkyl halides is 3. The molecule has 0 bridgehead atoms. The average Bonchev–Trinajstić information content (AvgIpc) is 2.69. The van der Waals surface area contributed by atoms with E-state index in [0.29, 0.717) is 29.0 Å². The number of rotatable bonds is 0. The van der Waals surface area contributed by atoms with Crippen LogP contribution in [-0.2, 0) is 14.9 Å². The molecule has 0 N–H and O–H groups in total. The molecule has 0 saturated carbocycles. The van der Waals surface area contributed by atoms with Gasteiger partial charge in [-0.15, -0.1) is 0 Å². The molecule has 0 unspecified atom stereocenters. The Morgan fingerprint density at radius 2 is 1.52 bits per heavy atom. The first-order valence-electron chi connectivity index (χ1n) is 5.77. The number of nitrogens with zero attached hydrogens (tertiary/aromatic N) is 1. The second-order valence-corrected chi connectivity index (χ2v) is 11.8. The van der Waals surface area contributed by atoms with Crippen LogP contribution in [0.1, 0.15) is 8.87 Å². The summed E-state index contributed by atoms with van der Waals surface area (Å²) in [6.07, 6.45) is 0. The second-order valence-electron chi connectivity index (χ2n) is 4.08. The zero-order chi connectivity index (χ0) is 16.3. The third-order valence-corrected chi connectivity index (χ3v) is 9.95. The Labute approximate surface area is 132 Å². The zero-order valence-electron chi connectivity index (χ0n) is 11.3. The van der Waals surface area contributed by atoms with Crippen LogP contribution in [0.25, 0.3) is 0 Å². The Kier molecular flexibility index (Phi) is 6.92. The molecule has 0 aliphatic carbocycles. The molecule has 5 nitrogen and oxygen atoms in total. The molecule has 0 amide bonds. The first-order valence-corrected chi connectivity index (χ1v) is 10.6. The Bertz CT molecular complexity index is 617. The normalized spacial score (nSPS) is 16.4. The molecule has 1 aromatic rings. The van der Waals surface area contributed by atoms with Crippen LogP contribution in [0.2, 0.25) is 0 Å². The SMILES string of the molecule is Cc1[se]c(=[N+]2CCOCC2)[se]c1C.O=S(=O)([O-])C(F)(F)F. The van der Waals surface area contributed by atoms with E-state index in [2.05, 4.69) is 18.4 Å². The van der Waals surface area contributed by atoms with E-state index < -0.39 is 15.6 Å². The summed E-state index contributed by atoms with van der Waals surface area (Å²) in [5.41, 5.74) is -5.65. The van der Waals surface area contributed by atoms with Crippen LogP contribution in [-0.4, -0.2) is 73.8 Å². The van der Waals surface area contributed by atoms with Gasteiger partial charge in [-0.1, -0.05) is 0 Å². The van der Waals surface area contributed by atoms with Crippen LogP contribution >= 0.6 is 0 Å². The van der Waals surface area contributed by atoms with Gasteiger partial charge in [0.05, 0.1) is 0 Å². The molecule has 0 aromatic carbocycles. The quantitative estimate of drug-likeness (QED) is 0.222. The molecule has 0 radical (unpaired) electrons. The van der Waals surface area contributed by atoms with Crippen LogP contribution in [0.4, 0.5) is 13.2 Å². The Morgan fingerprint density at radius 1 is 1.14 bits per heavy atom. The van der Waals surface area contributed by atoms with Crippen molar-refractivity contribution in [3.63, 3.8) is 0 Å². The van der Waals surface area contributed by atoms with E-state index in [-0.39, 0.29) is 0 Å². The molecule has 21 heavy (non-hydrogen) atoms. The molecule has 1 fully saturated rings. The number of hydrogen-bond donors (Lipinski definition) is 0. The minimum Gasteiger partial charge on any atom is -0.741 e. The van der Waals surface area contributed by atoms with E-state index in [0.717, 1.165) is 26.3 Å². The zero-order valence-corrected chi connectivity index (χ0v) is 15.5. The predicted octanol–water partition coefficient (Wildman–Crippen LogP) is -0.729. The van der Waals surface area contributed by atoms with Crippen molar-refractivity contribution >= 4 is 39.1 Å². The van der Waals surface area contributed by atoms with Gasteiger partial charge >= 0.3 is 96.0 Å². The molecule has 1 aromatic heterocycles. The Hall–Kier alpha value is 0.109. The van der Waals surface area contributed by atoms with Crippen LogP contribution in [0.5, 0.6) is 0 Å². The monoisotopic (exact) mass is 461 g/mol. The maximum Gasteiger partial charge on any atom is 0.485 e. The van der Waals surface area contributed by atoms with Gasteiger partial charge < -0.3 is 4.55 Å². The van der Waals surface area contributed by atoms with Crippen molar-refractivity contribution in [2.75, 3.05) is 26.3 Å². The molecular weight excluding hydrogens is 445 g/mol. The van der Waals surface area contributed by atoms with Gasteiger partial charge in [0, 0.05) is 0 Å². The fourth-order valence-electron chi connectivity index (χ4n) is 1.30. The average molecular weight is 459 g/mol. The van der Waals surface area contributed by atoms with Crippen molar-refractivity contribution in [2.24, 2.45) is 0 Å². The Balaban J connectivity index is 0.000000240. The van der Waals surface area contributed by atoms with E-state index in [1.807, 2.05) is 0 Å². The first-order chi connectivity index (χ1) is 9.52. The van der Waals surface area contributed by atoms with E-state index in [1.165, 1.54) is 0 Å². The molecule has 0 atom stereocenters. The summed E-state index contributed by atoms with van der Waals surface area (Å²) in [6, 6.07) is 0. The van der Waals surface area contributed by atoms with E-state index in [9.17, 15) is 13.2 Å². The number of ether oxygens (including phenoxy) is 1. The standard InChI is InChI=1S/C9H14NOSe2.CHF3O3S/c1-7-8(2)13-9(12-7)10-3-5-11-6-4-10;2-1(3,4)8(5,6)7/h3-6H2,1-2H3;(H,5,6,7)/q+1;/p-1. The summed E-state index contributed by atoms with van der Waals surface area (Å²) in [4.78, 5) is 0. The van der Waals surface area contributed by atoms with Crippen LogP contribution in [0.15, 0.2) is 0 Å². The fourth-order valence-corrected chi connectivity index (χ4v) is 8.49. The van der Waals surface area contributed by atoms with Crippen LogP contribution < -0.4 is 7.68 Å². The molecule has 1 aliphatic rings. The largest absolute Gasteiger partial charge is 0.741 e. The van der Waals surface area contributed by atoms with Gasteiger partial charge in [0.2, 0.25) is 0 Å². The summed E-state index contributed by atoms with van der Waals surface area (Å²) in [5, 5.41) is 0. The number of hydrogen-bond acceptors (Lipinski definition) is 4. The van der Waals surface area contributed by atoms with Crippen molar-refractivity contribution in [2.45, 2.75) is 19.4 Å². The topological polar surface area (TPSA) is 69.4 Å². The van der Waals surface area contributed by atoms with Gasteiger partial charge in [-0.05, 0) is 0 Å². The summed E-state index contributed by atoms with van der Waals surface area (Å²) in [7, 11) is -6.09. The van der Waals surface area contributed by atoms with E-state index >= 15 is 0 Å². The fraction of sp³-hybridized carbons (Fsp3) is 0.700. The second kappa shape index (κ2) is 7.59. The maximum atomic E-state index is 10.7.